The maximum absolute atomic E-state index is 12.0. The maximum atomic E-state index is 12.0. The molecule has 0 aliphatic heterocycles. The normalized spacial score (nSPS) is 15.9. The van der Waals surface area contributed by atoms with Gasteiger partial charge in [-0.2, -0.15) is 0 Å². The molecule has 22 heavy (non-hydrogen) atoms. The van der Waals surface area contributed by atoms with Crippen molar-refractivity contribution in [1.29, 1.82) is 0 Å². The number of aryl methyl sites for hydroxylation is 1. The number of amides is 2. The quantitative estimate of drug-likeness (QED) is 0.654. The van der Waals surface area contributed by atoms with E-state index in [1.54, 1.807) is 18.2 Å². The zero-order valence-corrected chi connectivity index (χ0v) is 13.7. The number of anilines is 1. The molecule has 0 heterocycles. The Balaban J connectivity index is 1.81. The van der Waals surface area contributed by atoms with E-state index in [1.165, 1.54) is 12.8 Å². The molecule has 2 N–H and O–H groups in total. The molecule has 0 atom stereocenters. The van der Waals surface area contributed by atoms with Crippen LogP contribution in [0.4, 0.5) is 5.69 Å². The van der Waals surface area contributed by atoms with E-state index in [0.29, 0.717) is 10.7 Å². The van der Waals surface area contributed by atoms with Crippen LogP contribution in [0.3, 0.4) is 0 Å². The average Bonchev–Trinajstić information content (AvgIpc) is 2.70. The van der Waals surface area contributed by atoms with E-state index in [-0.39, 0.29) is 24.3 Å². The van der Waals surface area contributed by atoms with Gasteiger partial charge in [-0.15, -0.1) is 0 Å². The molecule has 1 aliphatic carbocycles. The van der Waals surface area contributed by atoms with Crippen molar-refractivity contribution in [3.63, 3.8) is 0 Å². The predicted octanol–water partition coefficient (Wildman–Crippen LogP) is 3.82. The Labute approximate surface area is 136 Å². The molecule has 0 bridgehead atoms. The van der Waals surface area contributed by atoms with Crippen LogP contribution < -0.4 is 10.6 Å². The predicted molar refractivity (Wildman–Crippen MR) is 89.1 cm³/mol. The van der Waals surface area contributed by atoms with Gasteiger partial charge in [-0.25, -0.2) is 0 Å². The number of hydrogen-bond acceptors (Lipinski definition) is 2. The van der Waals surface area contributed by atoms with E-state index in [4.69, 9.17) is 11.6 Å². The van der Waals surface area contributed by atoms with E-state index in [1.807, 2.05) is 6.92 Å². The molecule has 0 spiro atoms. The van der Waals surface area contributed by atoms with Gasteiger partial charge in [-0.1, -0.05) is 37.3 Å². The topological polar surface area (TPSA) is 58.2 Å². The number of carbonyl (C=O) groups excluding carboxylic acids is 2. The van der Waals surface area contributed by atoms with Gasteiger partial charge < -0.3 is 10.6 Å². The number of rotatable bonds is 4. The molecule has 120 valence electrons. The van der Waals surface area contributed by atoms with Gasteiger partial charge in [0.1, 0.15) is 6.42 Å². The Kier molecular flexibility index (Phi) is 6.25. The van der Waals surface area contributed by atoms with Crippen molar-refractivity contribution in [3.05, 3.63) is 28.8 Å². The van der Waals surface area contributed by atoms with Crippen LogP contribution >= 0.6 is 11.6 Å². The number of benzene rings is 1. The highest BCUT2D eigenvalue weighted by Gasteiger charge is 2.17. The Bertz CT molecular complexity index is 537. The van der Waals surface area contributed by atoms with Gasteiger partial charge in [0, 0.05) is 16.8 Å². The zero-order valence-electron chi connectivity index (χ0n) is 13.0. The van der Waals surface area contributed by atoms with Crippen molar-refractivity contribution in [2.24, 2.45) is 0 Å². The van der Waals surface area contributed by atoms with Gasteiger partial charge in [-0.05, 0) is 43.5 Å². The summed E-state index contributed by atoms with van der Waals surface area (Å²) in [5.41, 5.74) is 1.57. The summed E-state index contributed by atoms with van der Waals surface area (Å²) in [6.07, 6.45) is 6.68. The molecule has 0 unspecified atom stereocenters. The number of halogens is 1. The van der Waals surface area contributed by atoms with Crippen LogP contribution in [0.2, 0.25) is 5.02 Å². The molecule has 4 nitrogen and oxygen atoms in total. The van der Waals surface area contributed by atoms with Crippen molar-refractivity contribution < 1.29 is 9.59 Å². The lowest BCUT2D eigenvalue weighted by atomic mass is 10.1. The first-order valence-electron chi connectivity index (χ1n) is 7.90. The Hall–Kier alpha value is -1.55. The van der Waals surface area contributed by atoms with Crippen LogP contribution in [0, 0.1) is 6.92 Å². The van der Waals surface area contributed by atoms with Crippen LogP contribution in [-0.4, -0.2) is 17.9 Å². The number of nitrogens with one attached hydrogen (secondary N) is 2. The first kappa shape index (κ1) is 16.8. The standard InChI is InChI=1S/C17H23ClN2O2/c1-12-10-13(18)8-9-15(12)20-17(22)11-16(21)19-14-6-4-2-3-5-7-14/h8-10,14H,2-7,11H2,1H3,(H,19,21)(H,20,22). The van der Waals surface area contributed by atoms with E-state index in [9.17, 15) is 9.59 Å². The van der Waals surface area contributed by atoms with E-state index < -0.39 is 0 Å². The fourth-order valence-electron chi connectivity index (χ4n) is 2.81. The van der Waals surface area contributed by atoms with Gasteiger partial charge in [0.15, 0.2) is 0 Å². The Morgan fingerprint density at radius 2 is 1.82 bits per heavy atom. The van der Waals surface area contributed by atoms with Gasteiger partial charge in [0.05, 0.1) is 0 Å². The highest BCUT2D eigenvalue weighted by Crippen LogP contribution is 2.20. The largest absolute Gasteiger partial charge is 0.353 e. The lowest BCUT2D eigenvalue weighted by molar-refractivity contribution is -0.127. The molecular formula is C17H23ClN2O2. The molecule has 1 saturated carbocycles. The third kappa shape index (κ3) is 5.34. The second-order valence-corrected chi connectivity index (χ2v) is 6.38. The second kappa shape index (κ2) is 8.18. The SMILES string of the molecule is Cc1cc(Cl)ccc1NC(=O)CC(=O)NC1CCCCCC1. The second-order valence-electron chi connectivity index (χ2n) is 5.94. The fourth-order valence-corrected chi connectivity index (χ4v) is 3.04. The zero-order chi connectivity index (χ0) is 15.9. The smallest absolute Gasteiger partial charge is 0.233 e. The molecule has 1 aromatic carbocycles. The summed E-state index contributed by atoms with van der Waals surface area (Å²) in [7, 11) is 0. The molecule has 5 heteroatoms. The summed E-state index contributed by atoms with van der Waals surface area (Å²) in [6.45, 7) is 1.87. The molecule has 2 amide bonds. The van der Waals surface area contributed by atoms with Crippen LogP contribution in [-0.2, 0) is 9.59 Å². The molecule has 1 fully saturated rings. The summed E-state index contributed by atoms with van der Waals surface area (Å²) in [6, 6.07) is 5.47. The third-order valence-corrected chi connectivity index (χ3v) is 4.24. The molecule has 0 radical (unpaired) electrons. The van der Waals surface area contributed by atoms with Gasteiger partial charge in [0.2, 0.25) is 11.8 Å². The van der Waals surface area contributed by atoms with Crippen molar-refractivity contribution in [2.75, 3.05) is 5.32 Å². The van der Waals surface area contributed by atoms with Crippen molar-refractivity contribution in [1.82, 2.24) is 5.32 Å². The highest BCUT2D eigenvalue weighted by molar-refractivity contribution is 6.30. The number of carbonyl (C=O) groups is 2. The van der Waals surface area contributed by atoms with Crippen molar-refractivity contribution >= 4 is 29.1 Å². The minimum absolute atomic E-state index is 0.140. The van der Waals surface area contributed by atoms with Gasteiger partial charge >= 0.3 is 0 Å². The van der Waals surface area contributed by atoms with E-state index >= 15 is 0 Å². The first-order chi connectivity index (χ1) is 10.5. The minimum atomic E-state index is -0.295. The van der Waals surface area contributed by atoms with Crippen LogP contribution in [0.1, 0.15) is 50.5 Å². The summed E-state index contributed by atoms with van der Waals surface area (Å²) in [5.74, 6) is -0.493. The molecule has 2 rings (SSSR count). The van der Waals surface area contributed by atoms with E-state index in [0.717, 1.165) is 31.2 Å². The lowest BCUT2D eigenvalue weighted by Crippen LogP contribution is -2.36. The van der Waals surface area contributed by atoms with E-state index in [2.05, 4.69) is 10.6 Å². The average molecular weight is 323 g/mol. The summed E-state index contributed by atoms with van der Waals surface area (Å²) >= 11 is 5.88. The highest BCUT2D eigenvalue weighted by atomic mass is 35.5. The molecule has 1 aromatic rings. The van der Waals surface area contributed by atoms with Crippen molar-refractivity contribution in [2.45, 2.75) is 57.9 Å². The first-order valence-corrected chi connectivity index (χ1v) is 8.28. The summed E-state index contributed by atoms with van der Waals surface area (Å²) in [4.78, 5) is 23.9. The number of hydrogen-bond donors (Lipinski definition) is 2. The molecular weight excluding hydrogens is 300 g/mol. The summed E-state index contributed by atoms with van der Waals surface area (Å²) in [5, 5.41) is 6.36. The fraction of sp³-hybridized carbons (Fsp3) is 0.529. The third-order valence-electron chi connectivity index (χ3n) is 4.00. The monoisotopic (exact) mass is 322 g/mol. The van der Waals surface area contributed by atoms with Crippen LogP contribution in [0.5, 0.6) is 0 Å². The molecule has 1 aliphatic rings. The van der Waals surface area contributed by atoms with Gasteiger partial charge in [0.25, 0.3) is 0 Å². The summed E-state index contributed by atoms with van der Waals surface area (Å²) < 4.78 is 0. The Morgan fingerprint density at radius 1 is 1.14 bits per heavy atom. The maximum Gasteiger partial charge on any atom is 0.233 e. The molecule has 0 saturated heterocycles. The lowest BCUT2D eigenvalue weighted by Gasteiger charge is -2.16. The van der Waals surface area contributed by atoms with Crippen LogP contribution in [0.15, 0.2) is 18.2 Å². The molecule has 0 aromatic heterocycles. The van der Waals surface area contributed by atoms with Crippen LogP contribution in [0.25, 0.3) is 0 Å². The van der Waals surface area contributed by atoms with Gasteiger partial charge in [-0.3, -0.25) is 9.59 Å². The minimum Gasteiger partial charge on any atom is -0.353 e. The van der Waals surface area contributed by atoms with Crippen molar-refractivity contribution in [3.8, 4) is 0 Å². The Morgan fingerprint density at radius 3 is 2.45 bits per heavy atom.